The third kappa shape index (κ3) is 5.37. The second-order valence-corrected chi connectivity index (χ2v) is 9.75. The lowest BCUT2D eigenvalue weighted by atomic mass is 9.95. The van der Waals surface area contributed by atoms with Gasteiger partial charge in [-0.15, -0.1) is 5.06 Å². The van der Waals surface area contributed by atoms with Crippen LogP contribution in [0, 0.1) is 6.92 Å². The molecule has 1 fully saturated rings. The molecule has 0 spiro atoms. The van der Waals surface area contributed by atoms with Crippen molar-refractivity contribution in [1.82, 2.24) is 14.6 Å². The number of aromatic amines is 1. The molecule has 1 aromatic carbocycles. The highest BCUT2D eigenvalue weighted by atomic mass is 16.7. The number of hydroxylamine groups is 2. The van der Waals surface area contributed by atoms with Crippen molar-refractivity contribution in [3.8, 4) is 0 Å². The Morgan fingerprint density at radius 1 is 1.05 bits per heavy atom. The van der Waals surface area contributed by atoms with E-state index in [1.54, 1.807) is 12.1 Å². The monoisotopic (exact) mass is 559 g/mol. The average molecular weight is 560 g/mol. The molecule has 13 heteroatoms. The number of carbonyl (C=O) groups is 3. The van der Waals surface area contributed by atoms with E-state index in [2.05, 4.69) is 4.98 Å². The summed E-state index contributed by atoms with van der Waals surface area (Å²) in [6.45, 7) is 5.20. The number of aromatic nitrogens is 2. The van der Waals surface area contributed by atoms with E-state index in [-0.39, 0.29) is 29.9 Å². The third-order valence-corrected chi connectivity index (χ3v) is 6.89. The fourth-order valence-corrected chi connectivity index (χ4v) is 4.65. The van der Waals surface area contributed by atoms with Crippen molar-refractivity contribution in [3.63, 3.8) is 0 Å². The first kappa shape index (κ1) is 29.3. The molecule has 1 unspecified atom stereocenters. The van der Waals surface area contributed by atoms with E-state index in [0.29, 0.717) is 17.9 Å². The molecule has 2 aliphatic heterocycles. The van der Waals surface area contributed by atoms with E-state index >= 15 is 0 Å². The minimum Gasteiger partial charge on any atom is -0.479 e. The molecule has 0 bridgehead atoms. The Morgan fingerprint density at radius 3 is 2.27 bits per heavy atom. The SMILES string of the molecule is CCCCOC[C@@]1(C(=O)O)O[C@@H](n2cc(C)c(=O)[nH]c2=O)[C@@H](ON2C(=O)c3ccccc3C2=O)C1OCCCC. The summed E-state index contributed by atoms with van der Waals surface area (Å²) in [5.74, 6) is -2.97. The summed E-state index contributed by atoms with van der Waals surface area (Å²) in [5, 5.41) is 11.0. The molecule has 3 heterocycles. The number of benzene rings is 1. The zero-order chi connectivity index (χ0) is 29.0. The van der Waals surface area contributed by atoms with Gasteiger partial charge < -0.3 is 19.3 Å². The number of nitrogens with one attached hydrogen (secondary N) is 1. The Morgan fingerprint density at radius 2 is 1.68 bits per heavy atom. The quantitative estimate of drug-likeness (QED) is 0.273. The molecule has 2 amide bonds. The molecule has 2 N–H and O–H groups in total. The van der Waals surface area contributed by atoms with Crippen LogP contribution in [0.5, 0.6) is 0 Å². The van der Waals surface area contributed by atoms with Gasteiger partial charge in [0.2, 0.25) is 5.60 Å². The largest absolute Gasteiger partial charge is 0.479 e. The van der Waals surface area contributed by atoms with Crippen LogP contribution < -0.4 is 11.2 Å². The maximum atomic E-state index is 13.2. The fraction of sp³-hybridized carbons (Fsp3) is 0.519. The van der Waals surface area contributed by atoms with Gasteiger partial charge in [-0.1, -0.05) is 38.8 Å². The molecule has 2 aromatic rings. The smallest absolute Gasteiger partial charge is 0.341 e. The standard InChI is InChI=1S/C27H33N3O10/c1-4-6-12-37-15-27(25(34)35)20(38-13-7-5-2)19(24(39-27)29-14-16(3)21(31)28-26(29)36)40-30-22(32)17-10-8-9-11-18(17)23(30)33/h8-11,14,19-20,24H,4-7,12-13,15H2,1-3H3,(H,34,35)(H,28,31,36)/t19-,20?,24+,27+/m0/s1. The number of unbranched alkanes of at least 4 members (excludes halogenated alkanes) is 2. The predicted octanol–water partition coefficient (Wildman–Crippen LogP) is 1.80. The number of hydrogen-bond acceptors (Lipinski definition) is 9. The van der Waals surface area contributed by atoms with E-state index in [9.17, 15) is 29.1 Å². The first-order chi connectivity index (χ1) is 19.2. The van der Waals surface area contributed by atoms with Crippen LogP contribution in [-0.4, -0.2) is 75.1 Å². The molecule has 216 valence electrons. The Balaban J connectivity index is 1.81. The highest BCUT2D eigenvalue weighted by Gasteiger charge is 2.64. The summed E-state index contributed by atoms with van der Waals surface area (Å²) in [6.07, 6.45) is -0.489. The molecule has 0 aliphatic carbocycles. The van der Waals surface area contributed by atoms with Gasteiger partial charge in [0.15, 0.2) is 12.3 Å². The number of carboxylic acid groups (broad SMARTS) is 1. The minimum atomic E-state index is -2.18. The maximum Gasteiger partial charge on any atom is 0.341 e. The number of carbonyl (C=O) groups excluding carboxylic acids is 2. The van der Waals surface area contributed by atoms with E-state index < -0.39 is 59.7 Å². The molecule has 2 aliphatic rings. The fourth-order valence-electron chi connectivity index (χ4n) is 4.65. The van der Waals surface area contributed by atoms with Crippen LogP contribution in [-0.2, 0) is 23.8 Å². The number of rotatable bonds is 13. The van der Waals surface area contributed by atoms with Crippen molar-refractivity contribution in [2.45, 2.75) is 70.5 Å². The number of aryl methyl sites for hydroxylation is 1. The second kappa shape index (κ2) is 12.3. The Labute approximate surface area is 229 Å². The zero-order valence-electron chi connectivity index (χ0n) is 22.6. The lowest BCUT2D eigenvalue weighted by Gasteiger charge is -2.31. The van der Waals surface area contributed by atoms with Crippen LogP contribution in [0.1, 0.15) is 72.0 Å². The second-order valence-electron chi connectivity index (χ2n) is 9.75. The van der Waals surface area contributed by atoms with Crippen LogP contribution >= 0.6 is 0 Å². The van der Waals surface area contributed by atoms with E-state index in [1.165, 1.54) is 25.3 Å². The Bertz CT molecular complexity index is 1350. The first-order valence-electron chi connectivity index (χ1n) is 13.2. The van der Waals surface area contributed by atoms with Crippen molar-refractivity contribution in [2.75, 3.05) is 19.8 Å². The number of nitrogens with zero attached hydrogens (tertiary/aromatic N) is 2. The zero-order valence-corrected chi connectivity index (χ0v) is 22.6. The molecule has 4 rings (SSSR count). The van der Waals surface area contributed by atoms with Gasteiger partial charge in [-0.3, -0.25) is 28.8 Å². The Hall–Kier alpha value is -3.65. The Kier molecular flexibility index (Phi) is 8.98. The van der Waals surface area contributed by atoms with E-state index in [4.69, 9.17) is 19.0 Å². The van der Waals surface area contributed by atoms with Crippen LogP contribution in [0.25, 0.3) is 0 Å². The molecular weight excluding hydrogens is 526 g/mol. The van der Waals surface area contributed by atoms with Gasteiger partial charge in [0.25, 0.3) is 17.4 Å². The van der Waals surface area contributed by atoms with Gasteiger partial charge in [0.05, 0.1) is 17.7 Å². The van der Waals surface area contributed by atoms with Crippen molar-refractivity contribution >= 4 is 17.8 Å². The maximum absolute atomic E-state index is 13.2. The van der Waals surface area contributed by atoms with Gasteiger partial charge in [-0.25, -0.2) is 9.59 Å². The summed E-state index contributed by atoms with van der Waals surface area (Å²) in [6, 6.07) is 6.13. The molecule has 4 atom stereocenters. The molecule has 0 saturated carbocycles. The van der Waals surface area contributed by atoms with Crippen molar-refractivity contribution in [3.05, 3.63) is 68.0 Å². The topological polar surface area (TPSA) is 166 Å². The third-order valence-electron chi connectivity index (χ3n) is 6.89. The number of fused-ring (bicyclic) bond motifs is 1. The summed E-state index contributed by atoms with van der Waals surface area (Å²) in [4.78, 5) is 72.3. The van der Waals surface area contributed by atoms with Crippen molar-refractivity contribution in [1.29, 1.82) is 0 Å². The predicted molar refractivity (Wildman–Crippen MR) is 139 cm³/mol. The number of imide groups is 1. The van der Waals surface area contributed by atoms with E-state index in [1.807, 2.05) is 13.8 Å². The average Bonchev–Trinajstić information content (AvgIpc) is 3.37. The van der Waals surface area contributed by atoms with Crippen LogP contribution in [0.2, 0.25) is 0 Å². The highest BCUT2D eigenvalue weighted by molar-refractivity contribution is 6.20. The summed E-state index contributed by atoms with van der Waals surface area (Å²) in [5.41, 5.74) is -3.37. The first-order valence-corrected chi connectivity index (χ1v) is 13.2. The van der Waals surface area contributed by atoms with E-state index in [0.717, 1.165) is 17.4 Å². The lowest BCUT2D eigenvalue weighted by molar-refractivity contribution is -0.194. The summed E-state index contributed by atoms with van der Waals surface area (Å²) in [7, 11) is 0. The van der Waals surface area contributed by atoms with Crippen molar-refractivity contribution < 1.29 is 38.5 Å². The molecule has 40 heavy (non-hydrogen) atoms. The van der Waals surface area contributed by atoms with Gasteiger partial charge in [-0.05, 0) is 31.9 Å². The molecule has 1 saturated heterocycles. The number of amides is 2. The molecular formula is C27H33N3O10. The highest BCUT2D eigenvalue weighted by Crippen LogP contribution is 2.42. The number of hydrogen-bond donors (Lipinski definition) is 2. The van der Waals surface area contributed by atoms with Crippen molar-refractivity contribution in [2.24, 2.45) is 0 Å². The van der Waals surface area contributed by atoms with Gasteiger partial charge in [0.1, 0.15) is 6.10 Å². The minimum absolute atomic E-state index is 0.1000. The summed E-state index contributed by atoms with van der Waals surface area (Å²) < 4.78 is 18.8. The number of aliphatic carboxylic acids is 1. The van der Waals surface area contributed by atoms with Gasteiger partial charge in [0, 0.05) is 25.0 Å². The number of ether oxygens (including phenoxy) is 3. The van der Waals surface area contributed by atoms with Gasteiger partial charge in [-0.2, -0.15) is 0 Å². The number of H-pyrrole nitrogens is 1. The van der Waals surface area contributed by atoms with Crippen LogP contribution in [0.15, 0.2) is 40.1 Å². The molecule has 0 radical (unpaired) electrons. The van der Waals surface area contributed by atoms with Gasteiger partial charge >= 0.3 is 11.7 Å². The summed E-state index contributed by atoms with van der Waals surface area (Å²) >= 11 is 0. The molecule has 1 aromatic heterocycles. The number of carboxylic acids is 1. The molecule has 13 nitrogen and oxygen atoms in total. The van der Waals surface area contributed by atoms with Crippen LogP contribution in [0.4, 0.5) is 0 Å². The normalized spacial score (nSPS) is 24.1. The lowest BCUT2D eigenvalue weighted by Crippen LogP contribution is -2.56. The van der Waals surface area contributed by atoms with Crippen LogP contribution in [0.3, 0.4) is 0 Å².